The molecular weight excluding hydrogens is 244 g/mol. The van der Waals surface area contributed by atoms with E-state index in [2.05, 4.69) is 37.9 Å². The zero-order valence-corrected chi connectivity index (χ0v) is 11.8. The number of anilines is 1. The quantitative estimate of drug-likeness (QED) is 0.919. The first-order chi connectivity index (χ1) is 8.45. The standard InChI is InChI=1S/C14H18N2OS/c1-14(2,3)10-4-6-12(7-5-10)17-8-11-9-18-13(15)16-11/h4-7,9H,8H2,1-3H3,(H2,15,16). The van der Waals surface area contributed by atoms with E-state index in [9.17, 15) is 0 Å². The zero-order chi connectivity index (χ0) is 13.2. The van der Waals surface area contributed by atoms with Crippen LogP contribution in [0.15, 0.2) is 29.6 Å². The van der Waals surface area contributed by atoms with E-state index in [0.29, 0.717) is 11.7 Å². The number of rotatable bonds is 3. The summed E-state index contributed by atoms with van der Waals surface area (Å²) in [4.78, 5) is 4.15. The number of nitrogens with zero attached hydrogens (tertiary/aromatic N) is 1. The Hall–Kier alpha value is -1.55. The van der Waals surface area contributed by atoms with E-state index in [0.717, 1.165) is 11.4 Å². The van der Waals surface area contributed by atoms with E-state index in [1.54, 1.807) is 0 Å². The average Bonchev–Trinajstić information content (AvgIpc) is 2.72. The van der Waals surface area contributed by atoms with Crippen LogP contribution in [0.1, 0.15) is 32.0 Å². The number of thiazole rings is 1. The summed E-state index contributed by atoms with van der Waals surface area (Å²) < 4.78 is 5.66. The third-order valence-corrected chi connectivity index (χ3v) is 3.40. The highest BCUT2D eigenvalue weighted by Crippen LogP contribution is 2.24. The van der Waals surface area contributed by atoms with E-state index in [4.69, 9.17) is 10.5 Å². The van der Waals surface area contributed by atoms with Crippen LogP contribution in [0.2, 0.25) is 0 Å². The van der Waals surface area contributed by atoms with E-state index >= 15 is 0 Å². The molecule has 0 radical (unpaired) electrons. The normalized spacial score (nSPS) is 11.5. The third kappa shape index (κ3) is 3.23. The molecule has 1 heterocycles. The van der Waals surface area contributed by atoms with E-state index in [1.165, 1.54) is 16.9 Å². The fourth-order valence-electron chi connectivity index (χ4n) is 1.60. The number of nitrogens with two attached hydrogens (primary N) is 1. The lowest BCUT2D eigenvalue weighted by Crippen LogP contribution is -2.10. The van der Waals surface area contributed by atoms with Crippen molar-refractivity contribution in [1.82, 2.24) is 4.98 Å². The second-order valence-electron chi connectivity index (χ2n) is 5.24. The largest absolute Gasteiger partial charge is 0.487 e. The Morgan fingerprint density at radius 2 is 1.89 bits per heavy atom. The van der Waals surface area contributed by atoms with Gasteiger partial charge in [-0.05, 0) is 23.1 Å². The molecule has 0 bridgehead atoms. The first kappa shape index (κ1) is 12.9. The van der Waals surface area contributed by atoms with Crippen LogP contribution in [-0.2, 0) is 12.0 Å². The number of benzene rings is 1. The van der Waals surface area contributed by atoms with Crippen LogP contribution in [0.5, 0.6) is 5.75 Å². The molecule has 0 aliphatic carbocycles. The van der Waals surface area contributed by atoms with E-state index < -0.39 is 0 Å². The Kier molecular flexibility index (Phi) is 3.57. The van der Waals surface area contributed by atoms with Crippen LogP contribution < -0.4 is 10.5 Å². The summed E-state index contributed by atoms with van der Waals surface area (Å²) in [6, 6.07) is 8.20. The summed E-state index contributed by atoms with van der Waals surface area (Å²) in [5.41, 5.74) is 7.91. The van der Waals surface area contributed by atoms with Gasteiger partial charge >= 0.3 is 0 Å². The van der Waals surface area contributed by atoms with Crippen molar-refractivity contribution >= 4 is 16.5 Å². The molecular formula is C14H18N2OS. The molecule has 3 nitrogen and oxygen atoms in total. The van der Waals surface area contributed by atoms with Gasteiger partial charge in [-0.3, -0.25) is 0 Å². The van der Waals surface area contributed by atoms with Crippen molar-refractivity contribution in [3.8, 4) is 5.75 Å². The molecule has 96 valence electrons. The fourth-order valence-corrected chi connectivity index (χ4v) is 2.14. The van der Waals surface area contributed by atoms with Gasteiger partial charge in [0.25, 0.3) is 0 Å². The number of nitrogen functional groups attached to an aromatic ring is 1. The molecule has 0 saturated carbocycles. The number of hydrogen-bond acceptors (Lipinski definition) is 4. The van der Waals surface area contributed by atoms with Crippen molar-refractivity contribution in [1.29, 1.82) is 0 Å². The Balaban J connectivity index is 1.98. The molecule has 0 saturated heterocycles. The van der Waals surface area contributed by atoms with Gasteiger partial charge in [-0.25, -0.2) is 4.98 Å². The fraction of sp³-hybridized carbons (Fsp3) is 0.357. The zero-order valence-electron chi connectivity index (χ0n) is 10.9. The van der Waals surface area contributed by atoms with Crippen molar-refractivity contribution in [2.45, 2.75) is 32.8 Å². The predicted molar refractivity (Wildman–Crippen MR) is 76.0 cm³/mol. The van der Waals surface area contributed by atoms with Gasteiger partial charge in [0.1, 0.15) is 12.4 Å². The van der Waals surface area contributed by atoms with Gasteiger partial charge in [-0.1, -0.05) is 32.9 Å². The lowest BCUT2D eigenvalue weighted by molar-refractivity contribution is 0.302. The number of hydrogen-bond donors (Lipinski definition) is 1. The summed E-state index contributed by atoms with van der Waals surface area (Å²) in [5, 5.41) is 2.50. The van der Waals surface area contributed by atoms with Crippen LogP contribution in [0.3, 0.4) is 0 Å². The van der Waals surface area contributed by atoms with Gasteiger partial charge in [0.05, 0.1) is 5.69 Å². The van der Waals surface area contributed by atoms with Crippen molar-refractivity contribution < 1.29 is 4.74 Å². The maximum absolute atomic E-state index is 5.66. The van der Waals surface area contributed by atoms with Gasteiger partial charge in [-0.2, -0.15) is 0 Å². The Bertz CT molecular complexity index is 511. The van der Waals surface area contributed by atoms with Crippen molar-refractivity contribution in [3.63, 3.8) is 0 Å². The Morgan fingerprint density at radius 3 is 2.39 bits per heavy atom. The van der Waals surface area contributed by atoms with Gasteiger partial charge in [-0.15, -0.1) is 11.3 Å². The van der Waals surface area contributed by atoms with Crippen molar-refractivity contribution in [2.24, 2.45) is 0 Å². The summed E-state index contributed by atoms with van der Waals surface area (Å²) >= 11 is 1.43. The smallest absolute Gasteiger partial charge is 0.180 e. The van der Waals surface area contributed by atoms with Gasteiger partial charge in [0.15, 0.2) is 5.13 Å². The predicted octanol–water partition coefficient (Wildman–Crippen LogP) is 3.60. The highest BCUT2D eigenvalue weighted by Gasteiger charge is 2.12. The molecule has 1 aromatic carbocycles. The molecule has 0 unspecified atom stereocenters. The summed E-state index contributed by atoms with van der Waals surface area (Å²) in [6.45, 7) is 7.05. The molecule has 0 aliphatic heterocycles. The molecule has 0 aliphatic rings. The molecule has 0 fully saturated rings. The van der Waals surface area contributed by atoms with Crippen LogP contribution in [0, 0.1) is 0 Å². The summed E-state index contributed by atoms with van der Waals surface area (Å²) in [5.74, 6) is 0.856. The first-order valence-electron chi connectivity index (χ1n) is 5.88. The van der Waals surface area contributed by atoms with Gasteiger partial charge < -0.3 is 10.5 Å². The molecule has 18 heavy (non-hydrogen) atoms. The molecule has 2 N–H and O–H groups in total. The molecule has 0 atom stereocenters. The maximum Gasteiger partial charge on any atom is 0.180 e. The van der Waals surface area contributed by atoms with E-state index in [1.807, 2.05) is 17.5 Å². The summed E-state index contributed by atoms with van der Waals surface area (Å²) in [7, 11) is 0. The van der Waals surface area contributed by atoms with Crippen molar-refractivity contribution in [3.05, 3.63) is 40.9 Å². The first-order valence-corrected chi connectivity index (χ1v) is 6.76. The molecule has 0 spiro atoms. The highest BCUT2D eigenvalue weighted by atomic mass is 32.1. The Morgan fingerprint density at radius 1 is 1.22 bits per heavy atom. The maximum atomic E-state index is 5.66. The third-order valence-electron chi connectivity index (χ3n) is 2.68. The minimum absolute atomic E-state index is 0.169. The monoisotopic (exact) mass is 262 g/mol. The molecule has 4 heteroatoms. The highest BCUT2D eigenvalue weighted by molar-refractivity contribution is 7.13. The number of ether oxygens (including phenoxy) is 1. The topological polar surface area (TPSA) is 48.1 Å². The second kappa shape index (κ2) is 4.98. The SMILES string of the molecule is CC(C)(C)c1ccc(OCc2csc(N)n2)cc1. The van der Waals surface area contributed by atoms with Crippen molar-refractivity contribution in [2.75, 3.05) is 5.73 Å². The minimum Gasteiger partial charge on any atom is -0.487 e. The van der Waals surface area contributed by atoms with Gasteiger partial charge in [0.2, 0.25) is 0 Å². The molecule has 2 rings (SSSR count). The lowest BCUT2D eigenvalue weighted by atomic mass is 9.87. The molecule has 1 aromatic heterocycles. The van der Waals surface area contributed by atoms with Gasteiger partial charge in [0, 0.05) is 5.38 Å². The van der Waals surface area contributed by atoms with Crippen LogP contribution in [0.25, 0.3) is 0 Å². The summed E-state index contributed by atoms with van der Waals surface area (Å²) in [6.07, 6.45) is 0. The molecule has 2 aromatic rings. The Labute approximate surface area is 112 Å². The van der Waals surface area contributed by atoms with E-state index in [-0.39, 0.29) is 5.41 Å². The lowest BCUT2D eigenvalue weighted by Gasteiger charge is -2.19. The van der Waals surface area contributed by atoms with Crippen LogP contribution >= 0.6 is 11.3 Å². The molecule has 0 amide bonds. The minimum atomic E-state index is 0.169. The average molecular weight is 262 g/mol. The van der Waals surface area contributed by atoms with Crippen LogP contribution in [-0.4, -0.2) is 4.98 Å². The van der Waals surface area contributed by atoms with Crippen LogP contribution in [0.4, 0.5) is 5.13 Å². The number of aromatic nitrogens is 1. The second-order valence-corrected chi connectivity index (χ2v) is 6.13.